The molecule has 0 unspecified atom stereocenters. The van der Waals surface area contributed by atoms with Gasteiger partial charge in [0, 0.05) is 17.1 Å². The lowest BCUT2D eigenvalue weighted by Gasteiger charge is -2.11. The quantitative estimate of drug-likeness (QED) is 0.553. The largest absolute Gasteiger partial charge is 0.348 e. The van der Waals surface area contributed by atoms with Gasteiger partial charge in [-0.25, -0.2) is 4.98 Å². The number of carbonyl (C=O) groups excluding carboxylic acids is 1. The first kappa shape index (κ1) is 18.9. The third-order valence-corrected chi connectivity index (χ3v) is 4.91. The molecule has 3 aromatic carbocycles. The number of aryl methyl sites for hydroxylation is 1. The van der Waals surface area contributed by atoms with Gasteiger partial charge in [0.15, 0.2) is 0 Å². The number of nitrogens with zero attached hydrogens (tertiary/aromatic N) is 2. The van der Waals surface area contributed by atoms with E-state index in [1.807, 2.05) is 36.4 Å². The van der Waals surface area contributed by atoms with E-state index in [2.05, 4.69) is 10.3 Å². The van der Waals surface area contributed by atoms with Gasteiger partial charge in [0.05, 0.1) is 16.6 Å². The fourth-order valence-corrected chi connectivity index (χ4v) is 3.45. The van der Waals surface area contributed by atoms with E-state index in [1.165, 1.54) is 0 Å². The van der Waals surface area contributed by atoms with Gasteiger partial charge < -0.3 is 5.32 Å². The topological polar surface area (TPSA) is 64.0 Å². The monoisotopic (exact) mass is 403 g/mol. The molecule has 0 saturated heterocycles. The Morgan fingerprint density at radius 2 is 1.79 bits per heavy atom. The van der Waals surface area contributed by atoms with Gasteiger partial charge in [0.1, 0.15) is 5.82 Å². The number of benzene rings is 3. The molecule has 0 spiro atoms. The smallest absolute Gasteiger partial charge is 0.265 e. The number of nitrogens with one attached hydrogen (secondary N) is 1. The van der Waals surface area contributed by atoms with Crippen LogP contribution in [0.3, 0.4) is 0 Å². The van der Waals surface area contributed by atoms with Crippen molar-refractivity contribution in [1.29, 1.82) is 0 Å². The fraction of sp³-hybridized carbons (Fsp3) is 0.0870. The summed E-state index contributed by atoms with van der Waals surface area (Å²) in [4.78, 5) is 29.8. The van der Waals surface area contributed by atoms with Crippen molar-refractivity contribution in [2.75, 3.05) is 0 Å². The number of rotatable bonds is 4. The van der Waals surface area contributed by atoms with Crippen LogP contribution in [0.25, 0.3) is 16.6 Å². The number of amides is 1. The Morgan fingerprint density at radius 3 is 2.55 bits per heavy atom. The average molecular weight is 404 g/mol. The van der Waals surface area contributed by atoms with Crippen molar-refractivity contribution in [3.05, 3.63) is 105 Å². The first-order valence-corrected chi connectivity index (χ1v) is 9.52. The number of hydrogen-bond acceptors (Lipinski definition) is 3. The molecule has 0 bridgehead atoms. The molecular formula is C23H18ClN3O2. The van der Waals surface area contributed by atoms with E-state index in [-0.39, 0.29) is 11.5 Å². The summed E-state index contributed by atoms with van der Waals surface area (Å²) >= 11 is 5.97. The first-order chi connectivity index (χ1) is 14.0. The van der Waals surface area contributed by atoms with Crippen LogP contribution in [0, 0.1) is 6.92 Å². The number of aromatic nitrogens is 2. The summed E-state index contributed by atoms with van der Waals surface area (Å²) in [7, 11) is 0. The molecule has 1 amide bonds. The molecule has 0 radical (unpaired) electrons. The standard InChI is InChI=1S/C23H18ClN3O2/c1-15-26-21-8-3-2-7-20(21)23(29)27(15)19-11-9-17(10-12-19)22(28)25-14-16-5-4-6-18(24)13-16/h2-13H,14H2,1H3,(H,25,28). The average Bonchev–Trinajstić information content (AvgIpc) is 2.72. The molecule has 0 aliphatic rings. The molecule has 0 aliphatic carbocycles. The van der Waals surface area contributed by atoms with E-state index < -0.39 is 0 Å². The Morgan fingerprint density at radius 1 is 1.03 bits per heavy atom. The van der Waals surface area contributed by atoms with Crippen LogP contribution in [0.5, 0.6) is 0 Å². The van der Waals surface area contributed by atoms with Crippen LogP contribution in [0.4, 0.5) is 0 Å². The molecule has 29 heavy (non-hydrogen) atoms. The summed E-state index contributed by atoms with van der Waals surface area (Å²) in [6, 6.07) is 21.5. The summed E-state index contributed by atoms with van der Waals surface area (Å²) in [5.74, 6) is 0.393. The lowest BCUT2D eigenvalue weighted by atomic mass is 10.1. The number of carbonyl (C=O) groups is 1. The van der Waals surface area contributed by atoms with Crippen molar-refractivity contribution >= 4 is 28.4 Å². The number of halogens is 1. The Kier molecular flexibility index (Phi) is 5.14. The zero-order chi connectivity index (χ0) is 20.4. The maximum absolute atomic E-state index is 12.9. The number of fused-ring (bicyclic) bond motifs is 1. The van der Waals surface area contributed by atoms with Crippen LogP contribution < -0.4 is 10.9 Å². The normalized spacial score (nSPS) is 10.8. The number of hydrogen-bond donors (Lipinski definition) is 1. The Hall–Kier alpha value is -3.44. The van der Waals surface area contributed by atoms with Crippen molar-refractivity contribution in [3.8, 4) is 5.69 Å². The molecule has 0 fully saturated rings. The molecule has 144 valence electrons. The minimum absolute atomic E-state index is 0.133. The van der Waals surface area contributed by atoms with Crippen molar-refractivity contribution in [2.24, 2.45) is 0 Å². The Labute approximate surface area is 172 Å². The summed E-state index contributed by atoms with van der Waals surface area (Å²) < 4.78 is 1.55. The van der Waals surface area contributed by atoms with E-state index >= 15 is 0 Å². The van der Waals surface area contributed by atoms with Crippen molar-refractivity contribution in [3.63, 3.8) is 0 Å². The minimum Gasteiger partial charge on any atom is -0.348 e. The van der Waals surface area contributed by atoms with Gasteiger partial charge in [0.25, 0.3) is 11.5 Å². The van der Waals surface area contributed by atoms with E-state index in [4.69, 9.17) is 11.6 Å². The molecule has 6 heteroatoms. The van der Waals surface area contributed by atoms with Crippen LogP contribution in [0.2, 0.25) is 5.02 Å². The first-order valence-electron chi connectivity index (χ1n) is 9.14. The van der Waals surface area contributed by atoms with Gasteiger partial charge in [-0.2, -0.15) is 0 Å². The van der Waals surface area contributed by atoms with Gasteiger partial charge >= 0.3 is 0 Å². The second-order valence-electron chi connectivity index (χ2n) is 6.68. The van der Waals surface area contributed by atoms with Crippen LogP contribution in [-0.4, -0.2) is 15.5 Å². The van der Waals surface area contributed by atoms with E-state index in [9.17, 15) is 9.59 Å². The lowest BCUT2D eigenvalue weighted by Crippen LogP contribution is -2.24. The molecule has 4 rings (SSSR count). The predicted octanol–water partition coefficient (Wildman–Crippen LogP) is 4.28. The second-order valence-corrected chi connectivity index (χ2v) is 7.11. The molecule has 1 aromatic heterocycles. The zero-order valence-corrected chi connectivity index (χ0v) is 16.5. The maximum Gasteiger partial charge on any atom is 0.265 e. The summed E-state index contributed by atoms with van der Waals surface area (Å²) in [5, 5.41) is 4.06. The molecular weight excluding hydrogens is 386 g/mol. The summed E-state index contributed by atoms with van der Waals surface area (Å²) in [6.45, 7) is 2.17. The number of para-hydroxylation sites is 1. The third kappa shape index (κ3) is 3.91. The van der Waals surface area contributed by atoms with E-state index in [0.29, 0.717) is 39.5 Å². The SMILES string of the molecule is Cc1nc2ccccc2c(=O)n1-c1ccc(C(=O)NCc2cccc(Cl)c2)cc1. The Bertz CT molecular complexity index is 1260. The zero-order valence-electron chi connectivity index (χ0n) is 15.7. The third-order valence-electron chi connectivity index (χ3n) is 4.67. The van der Waals surface area contributed by atoms with Gasteiger partial charge in [-0.3, -0.25) is 14.2 Å². The molecule has 0 aliphatic heterocycles. The highest BCUT2D eigenvalue weighted by molar-refractivity contribution is 6.30. The van der Waals surface area contributed by atoms with Crippen LogP contribution in [0.15, 0.2) is 77.6 Å². The van der Waals surface area contributed by atoms with Crippen molar-refractivity contribution < 1.29 is 4.79 Å². The minimum atomic E-state index is -0.197. The highest BCUT2D eigenvalue weighted by Gasteiger charge is 2.11. The van der Waals surface area contributed by atoms with Gasteiger partial charge in [-0.1, -0.05) is 35.9 Å². The summed E-state index contributed by atoms with van der Waals surface area (Å²) in [6.07, 6.45) is 0. The molecule has 0 atom stereocenters. The van der Waals surface area contributed by atoms with E-state index in [1.54, 1.807) is 47.9 Å². The highest BCUT2D eigenvalue weighted by Crippen LogP contribution is 2.14. The highest BCUT2D eigenvalue weighted by atomic mass is 35.5. The Balaban J connectivity index is 1.57. The summed E-state index contributed by atoms with van der Waals surface area (Å²) in [5.41, 5.74) is 2.63. The van der Waals surface area contributed by atoms with Crippen LogP contribution in [-0.2, 0) is 6.54 Å². The second kappa shape index (κ2) is 7.89. The van der Waals surface area contributed by atoms with Gasteiger partial charge in [0.2, 0.25) is 0 Å². The van der Waals surface area contributed by atoms with Gasteiger partial charge in [-0.15, -0.1) is 0 Å². The molecule has 0 saturated carbocycles. The lowest BCUT2D eigenvalue weighted by molar-refractivity contribution is 0.0951. The van der Waals surface area contributed by atoms with Gasteiger partial charge in [-0.05, 0) is 61.0 Å². The van der Waals surface area contributed by atoms with Crippen LogP contribution in [0.1, 0.15) is 21.7 Å². The van der Waals surface area contributed by atoms with Crippen molar-refractivity contribution in [1.82, 2.24) is 14.9 Å². The molecule has 1 N–H and O–H groups in total. The maximum atomic E-state index is 12.9. The van der Waals surface area contributed by atoms with Crippen LogP contribution >= 0.6 is 11.6 Å². The van der Waals surface area contributed by atoms with Crippen molar-refractivity contribution in [2.45, 2.75) is 13.5 Å². The molecule has 5 nitrogen and oxygen atoms in total. The molecule has 1 heterocycles. The molecule has 4 aromatic rings. The van der Waals surface area contributed by atoms with E-state index in [0.717, 1.165) is 5.56 Å². The fourth-order valence-electron chi connectivity index (χ4n) is 3.24. The predicted molar refractivity (Wildman–Crippen MR) is 115 cm³/mol.